The number of nitro groups is 1. The predicted octanol–water partition coefficient (Wildman–Crippen LogP) is 1.21. The van der Waals surface area contributed by atoms with E-state index in [4.69, 9.17) is 5.73 Å². The molecule has 2 aliphatic heterocycles. The van der Waals surface area contributed by atoms with Crippen molar-refractivity contribution in [2.45, 2.75) is 32.2 Å². The second kappa shape index (κ2) is 11.3. The number of nitro benzene ring substituents is 1. The first-order valence-corrected chi connectivity index (χ1v) is 12.3. The van der Waals surface area contributed by atoms with Gasteiger partial charge < -0.3 is 20.9 Å². The van der Waals surface area contributed by atoms with Gasteiger partial charge in [-0.2, -0.15) is 0 Å². The molecule has 2 saturated heterocycles. The van der Waals surface area contributed by atoms with Crippen molar-refractivity contribution in [3.8, 4) is 0 Å². The molecule has 0 unspecified atom stereocenters. The molecule has 5 amide bonds. The second-order valence-electron chi connectivity index (χ2n) is 9.24. The van der Waals surface area contributed by atoms with Crippen LogP contribution in [0.25, 0.3) is 0 Å². The maximum atomic E-state index is 13.5. The number of carbonyl (C=O) groups is 4. The van der Waals surface area contributed by atoms with Gasteiger partial charge in [-0.3, -0.25) is 24.5 Å². The van der Waals surface area contributed by atoms with Crippen molar-refractivity contribution in [2.75, 3.05) is 19.6 Å². The fraction of sp³-hybridized carbons (Fsp3) is 0.308. The second-order valence-corrected chi connectivity index (χ2v) is 9.24. The Morgan fingerprint density at radius 2 is 1.90 bits per heavy atom. The Bertz CT molecular complexity index is 1320. The molecule has 0 spiro atoms. The van der Waals surface area contributed by atoms with E-state index in [1.165, 1.54) is 33.0 Å². The van der Waals surface area contributed by atoms with Gasteiger partial charge in [-0.25, -0.2) is 14.8 Å². The number of nitrogens with two attached hydrogens (primary N) is 1. The minimum absolute atomic E-state index is 0.107. The molecule has 13 nitrogen and oxygen atoms in total. The van der Waals surface area contributed by atoms with Gasteiger partial charge in [0.05, 0.1) is 30.1 Å². The summed E-state index contributed by atoms with van der Waals surface area (Å²) in [4.78, 5) is 65.6. The van der Waals surface area contributed by atoms with Gasteiger partial charge in [0, 0.05) is 13.1 Å². The fourth-order valence-corrected chi connectivity index (χ4v) is 5.00. The summed E-state index contributed by atoms with van der Waals surface area (Å²) in [5.74, 6) is -1.75. The van der Waals surface area contributed by atoms with Crippen molar-refractivity contribution in [3.63, 3.8) is 0 Å². The van der Waals surface area contributed by atoms with Crippen molar-refractivity contribution in [1.82, 2.24) is 25.1 Å². The standard InChI is InChI=1S/C26H29N7O6/c1-3-12-30-16-22(34)31-17(2)25(36)29(14-19-10-7-11-20(24(27)35)23(19)33(38)39)15-21(31)32(30)26(37)28-13-18-8-5-4-6-9-18/h3-11,17,21H,1,12-16H2,2H3,(H2,27,35)(H,28,37)/t17-,21-/m0/s1. The largest absolute Gasteiger partial charge is 0.365 e. The van der Waals surface area contributed by atoms with E-state index < -0.39 is 40.7 Å². The first-order chi connectivity index (χ1) is 18.6. The van der Waals surface area contributed by atoms with Crippen LogP contribution in [0.3, 0.4) is 0 Å². The van der Waals surface area contributed by atoms with Crippen molar-refractivity contribution in [1.29, 1.82) is 0 Å². The lowest BCUT2D eigenvalue weighted by Gasteiger charge is -2.54. The Morgan fingerprint density at radius 3 is 2.54 bits per heavy atom. The van der Waals surface area contributed by atoms with E-state index >= 15 is 0 Å². The normalized spacial score (nSPS) is 19.5. The highest BCUT2D eigenvalue weighted by Crippen LogP contribution is 2.30. The number of amides is 5. The first kappa shape index (κ1) is 27.3. The Kier molecular flexibility index (Phi) is 7.91. The molecular formula is C26H29N7O6. The van der Waals surface area contributed by atoms with Crippen molar-refractivity contribution in [2.24, 2.45) is 5.73 Å². The zero-order valence-corrected chi connectivity index (χ0v) is 21.4. The van der Waals surface area contributed by atoms with Crippen molar-refractivity contribution >= 4 is 29.4 Å². The van der Waals surface area contributed by atoms with Crippen LogP contribution in [0.1, 0.15) is 28.4 Å². The number of para-hydroxylation sites is 1. The number of hydrogen-bond donors (Lipinski definition) is 2. The number of rotatable bonds is 8. The quantitative estimate of drug-likeness (QED) is 0.292. The predicted molar refractivity (Wildman–Crippen MR) is 139 cm³/mol. The Morgan fingerprint density at radius 1 is 1.18 bits per heavy atom. The van der Waals surface area contributed by atoms with Crippen LogP contribution >= 0.6 is 0 Å². The third kappa shape index (κ3) is 5.43. The molecule has 2 aromatic carbocycles. The number of nitrogens with one attached hydrogen (secondary N) is 1. The number of benzene rings is 2. The summed E-state index contributed by atoms with van der Waals surface area (Å²) in [6.07, 6.45) is 0.682. The zero-order valence-electron chi connectivity index (χ0n) is 21.4. The maximum Gasteiger partial charge on any atom is 0.334 e. The van der Waals surface area contributed by atoms with E-state index in [-0.39, 0.29) is 49.8 Å². The molecule has 4 rings (SSSR count). The number of carbonyl (C=O) groups excluding carboxylic acids is 4. The number of urea groups is 1. The highest BCUT2D eigenvalue weighted by Gasteiger charge is 2.50. The lowest BCUT2D eigenvalue weighted by atomic mass is 10.0. The fourth-order valence-electron chi connectivity index (χ4n) is 5.00. The number of piperazine rings is 1. The lowest BCUT2D eigenvalue weighted by molar-refractivity contribution is -0.386. The average molecular weight is 536 g/mol. The van der Waals surface area contributed by atoms with Crippen LogP contribution in [-0.2, 0) is 22.7 Å². The minimum atomic E-state index is -0.965. The van der Waals surface area contributed by atoms with Gasteiger partial charge in [0.15, 0.2) is 0 Å². The molecule has 3 N–H and O–H groups in total. The van der Waals surface area contributed by atoms with Crippen molar-refractivity contribution < 1.29 is 24.1 Å². The van der Waals surface area contributed by atoms with E-state index in [0.717, 1.165) is 5.56 Å². The SMILES string of the molecule is C=CCN1CC(=O)N2[C@@H](C)C(=O)N(Cc3cccc(C(N)=O)c3[N+](=O)[O-])C[C@@H]2N1C(=O)NCc1ccccc1. The highest BCUT2D eigenvalue weighted by atomic mass is 16.6. The van der Waals surface area contributed by atoms with E-state index in [1.54, 1.807) is 18.0 Å². The van der Waals surface area contributed by atoms with E-state index in [0.29, 0.717) is 0 Å². The third-order valence-electron chi connectivity index (χ3n) is 6.75. The maximum absolute atomic E-state index is 13.5. The Labute approximate surface area is 224 Å². The van der Waals surface area contributed by atoms with Crippen LogP contribution < -0.4 is 11.1 Å². The van der Waals surface area contributed by atoms with E-state index in [1.807, 2.05) is 30.3 Å². The topological polar surface area (TPSA) is 162 Å². The van der Waals surface area contributed by atoms with Gasteiger partial charge in [-0.15, -0.1) is 6.58 Å². The van der Waals surface area contributed by atoms with Gasteiger partial charge in [-0.05, 0) is 18.6 Å². The van der Waals surface area contributed by atoms with Crippen LogP contribution in [0.4, 0.5) is 10.5 Å². The van der Waals surface area contributed by atoms with Gasteiger partial charge in [0.1, 0.15) is 17.8 Å². The number of hydrazine groups is 1. The summed E-state index contributed by atoms with van der Waals surface area (Å²) in [7, 11) is 0. The van der Waals surface area contributed by atoms with Crippen LogP contribution in [0, 0.1) is 10.1 Å². The molecule has 0 aliphatic carbocycles. The Hall–Kier alpha value is -4.78. The third-order valence-corrected chi connectivity index (χ3v) is 6.75. The summed E-state index contributed by atoms with van der Waals surface area (Å²) >= 11 is 0. The zero-order chi connectivity index (χ0) is 28.3. The summed E-state index contributed by atoms with van der Waals surface area (Å²) in [5.41, 5.74) is 5.56. The molecule has 0 bridgehead atoms. The number of fused-ring (bicyclic) bond motifs is 1. The van der Waals surface area contributed by atoms with E-state index in [2.05, 4.69) is 11.9 Å². The highest BCUT2D eigenvalue weighted by molar-refractivity contribution is 5.97. The minimum Gasteiger partial charge on any atom is -0.365 e. The number of hydrogen-bond acceptors (Lipinski definition) is 7. The van der Waals surface area contributed by atoms with Crippen LogP contribution in [-0.4, -0.2) is 80.3 Å². The molecule has 204 valence electrons. The van der Waals surface area contributed by atoms with Crippen LogP contribution in [0.2, 0.25) is 0 Å². The molecule has 2 aromatic rings. The van der Waals surface area contributed by atoms with Gasteiger partial charge in [0.25, 0.3) is 11.6 Å². The van der Waals surface area contributed by atoms with E-state index in [9.17, 15) is 29.3 Å². The monoisotopic (exact) mass is 535 g/mol. The molecule has 0 saturated carbocycles. The number of primary amides is 1. The molecule has 2 aliphatic rings. The molecular weight excluding hydrogens is 506 g/mol. The van der Waals surface area contributed by atoms with Gasteiger partial charge in [-0.1, -0.05) is 48.5 Å². The Balaban J connectivity index is 1.66. The number of nitrogens with zero attached hydrogens (tertiary/aromatic N) is 5. The van der Waals surface area contributed by atoms with Crippen LogP contribution in [0.15, 0.2) is 61.2 Å². The van der Waals surface area contributed by atoms with Gasteiger partial charge >= 0.3 is 6.03 Å². The summed E-state index contributed by atoms with van der Waals surface area (Å²) < 4.78 is 0. The lowest BCUT2D eigenvalue weighted by Crippen LogP contribution is -2.75. The van der Waals surface area contributed by atoms with Crippen LogP contribution in [0.5, 0.6) is 0 Å². The summed E-state index contributed by atoms with van der Waals surface area (Å²) in [5, 5.41) is 17.6. The van der Waals surface area contributed by atoms with Gasteiger partial charge in [0.2, 0.25) is 11.8 Å². The smallest absolute Gasteiger partial charge is 0.334 e. The molecule has 2 fully saturated rings. The van der Waals surface area contributed by atoms with Crippen molar-refractivity contribution in [3.05, 3.63) is 88.0 Å². The molecule has 0 radical (unpaired) electrons. The molecule has 2 atom stereocenters. The molecule has 0 aromatic heterocycles. The molecule has 13 heteroatoms. The first-order valence-electron chi connectivity index (χ1n) is 12.3. The average Bonchev–Trinajstić information content (AvgIpc) is 2.90. The summed E-state index contributed by atoms with van der Waals surface area (Å²) in [6.45, 7) is 5.25. The molecule has 39 heavy (non-hydrogen) atoms. The summed E-state index contributed by atoms with van der Waals surface area (Å²) in [6, 6.07) is 12.0. The molecule has 2 heterocycles.